The number of aryl methyl sites for hydroxylation is 2. The Morgan fingerprint density at radius 2 is 1.61 bits per heavy atom. The summed E-state index contributed by atoms with van der Waals surface area (Å²) >= 11 is 18.1. The van der Waals surface area contributed by atoms with Crippen molar-refractivity contribution in [2.45, 2.75) is 25.3 Å². The summed E-state index contributed by atoms with van der Waals surface area (Å²) in [4.78, 5) is 12.4. The first-order valence-corrected chi connectivity index (χ1v) is 11.8. The van der Waals surface area contributed by atoms with E-state index in [0.717, 1.165) is 11.1 Å². The monoisotopic (exact) mass is 496 g/mol. The molecule has 9 heteroatoms. The normalized spacial score (nSPS) is 11.3. The van der Waals surface area contributed by atoms with Gasteiger partial charge in [-0.2, -0.15) is 0 Å². The lowest BCUT2D eigenvalue weighted by molar-refractivity contribution is 0.0950. The molecule has 0 aromatic heterocycles. The Kier molecular flexibility index (Phi) is 7.17. The molecule has 0 radical (unpaired) electrons. The first-order valence-electron chi connectivity index (χ1n) is 9.18. The molecule has 3 rings (SSSR count). The van der Waals surface area contributed by atoms with Crippen molar-refractivity contribution in [2.75, 3.05) is 4.72 Å². The number of nitrogens with one attached hydrogen (secondary N) is 2. The second kappa shape index (κ2) is 9.49. The third kappa shape index (κ3) is 5.71. The van der Waals surface area contributed by atoms with Gasteiger partial charge < -0.3 is 5.32 Å². The van der Waals surface area contributed by atoms with Crippen LogP contribution in [0, 0.1) is 13.8 Å². The van der Waals surface area contributed by atoms with Gasteiger partial charge in [0.25, 0.3) is 15.9 Å². The van der Waals surface area contributed by atoms with E-state index >= 15 is 0 Å². The first kappa shape index (κ1) is 23.4. The fourth-order valence-corrected chi connectivity index (χ4v) is 4.86. The maximum absolute atomic E-state index is 12.9. The Hall–Kier alpha value is -2.25. The van der Waals surface area contributed by atoms with Crippen LogP contribution in [0.15, 0.2) is 59.5 Å². The maximum atomic E-state index is 12.9. The average Bonchev–Trinajstić information content (AvgIpc) is 2.70. The van der Waals surface area contributed by atoms with Crippen LogP contribution in [0.1, 0.15) is 27.0 Å². The van der Waals surface area contributed by atoms with Crippen LogP contribution >= 0.6 is 34.8 Å². The van der Waals surface area contributed by atoms with Crippen LogP contribution in [0.5, 0.6) is 0 Å². The molecule has 0 aliphatic carbocycles. The second-order valence-electron chi connectivity index (χ2n) is 6.97. The van der Waals surface area contributed by atoms with Gasteiger partial charge in [0.15, 0.2) is 0 Å². The van der Waals surface area contributed by atoms with Gasteiger partial charge in [-0.25, -0.2) is 8.42 Å². The highest BCUT2D eigenvalue weighted by molar-refractivity contribution is 7.92. The Labute approximate surface area is 196 Å². The zero-order valence-electron chi connectivity index (χ0n) is 16.7. The summed E-state index contributed by atoms with van der Waals surface area (Å²) in [5, 5.41) is 3.63. The van der Waals surface area contributed by atoms with Crippen molar-refractivity contribution >= 4 is 56.4 Å². The zero-order chi connectivity index (χ0) is 22.8. The van der Waals surface area contributed by atoms with E-state index in [1.165, 1.54) is 18.2 Å². The fourth-order valence-electron chi connectivity index (χ4n) is 2.81. The van der Waals surface area contributed by atoms with Crippen molar-refractivity contribution in [3.05, 3.63) is 91.9 Å². The molecule has 31 heavy (non-hydrogen) atoms. The summed E-state index contributed by atoms with van der Waals surface area (Å²) in [6, 6.07) is 14.2. The largest absolute Gasteiger partial charge is 0.348 e. The van der Waals surface area contributed by atoms with Gasteiger partial charge in [0.05, 0.1) is 5.02 Å². The highest BCUT2D eigenvalue weighted by atomic mass is 35.5. The molecule has 0 aliphatic heterocycles. The highest BCUT2D eigenvalue weighted by Crippen LogP contribution is 2.26. The number of carbonyl (C=O) groups excluding carboxylic acids is 1. The molecule has 0 heterocycles. The lowest BCUT2D eigenvalue weighted by Gasteiger charge is -2.13. The molecule has 3 aromatic carbocycles. The molecule has 3 aromatic rings. The minimum absolute atomic E-state index is 0.00799. The molecule has 0 atom stereocenters. The van der Waals surface area contributed by atoms with Crippen molar-refractivity contribution in [1.29, 1.82) is 0 Å². The topological polar surface area (TPSA) is 75.3 Å². The number of halogens is 3. The molecule has 1 amide bonds. The molecule has 5 nitrogen and oxygen atoms in total. The minimum atomic E-state index is -4.01. The first-order chi connectivity index (χ1) is 14.6. The van der Waals surface area contributed by atoms with Crippen molar-refractivity contribution in [3.8, 4) is 0 Å². The number of carbonyl (C=O) groups is 1. The molecule has 0 saturated carbocycles. The quantitative estimate of drug-likeness (QED) is 0.439. The number of benzene rings is 3. The number of sulfonamides is 1. The standard InChI is InChI=1S/C22H19Cl3N2O3S/c1-13-3-7-18(9-14(13)2)27-31(29,30)21-10-15(5-8-19(21)24)22(28)26-12-16-4-6-17(23)11-20(16)25/h3-11,27H,12H2,1-2H3,(H,26,28). The van der Waals surface area contributed by atoms with Crippen molar-refractivity contribution in [1.82, 2.24) is 5.32 Å². The van der Waals surface area contributed by atoms with E-state index < -0.39 is 15.9 Å². The summed E-state index contributed by atoms with van der Waals surface area (Å²) in [6.07, 6.45) is 0. The van der Waals surface area contributed by atoms with Crippen LogP contribution in [0.25, 0.3) is 0 Å². The number of anilines is 1. The van der Waals surface area contributed by atoms with Gasteiger partial charge in [-0.15, -0.1) is 0 Å². The zero-order valence-corrected chi connectivity index (χ0v) is 19.8. The lowest BCUT2D eigenvalue weighted by atomic mass is 10.1. The maximum Gasteiger partial charge on any atom is 0.263 e. The molecule has 0 unspecified atom stereocenters. The smallest absolute Gasteiger partial charge is 0.263 e. The third-order valence-corrected chi connectivity index (χ3v) is 7.15. The average molecular weight is 498 g/mol. The van der Waals surface area contributed by atoms with Crippen molar-refractivity contribution in [3.63, 3.8) is 0 Å². The summed E-state index contributed by atoms with van der Waals surface area (Å²) < 4.78 is 28.3. The van der Waals surface area contributed by atoms with E-state index in [0.29, 0.717) is 21.3 Å². The van der Waals surface area contributed by atoms with E-state index in [-0.39, 0.29) is 22.0 Å². The van der Waals surface area contributed by atoms with Crippen LogP contribution in [-0.4, -0.2) is 14.3 Å². The summed E-state index contributed by atoms with van der Waals surface area (Å²) in [5.41, 5.74) is 3.22. The molecule has 0 spiro atoms. The SMILES string of the molecule is Cc1ccc(NS(=O)(=O)c2cc(C(=O)NCc3ccc(Cl)cc3Cl)ccc2Cl)cc1C. The highest BCUT2D eigenvalue weighted by Gasteiger charge is 2.21. The van der Waals surface area contributed by atoms with E-state index in [2.05, 4.69) is 10.0 Å². The van der Waals surface area contributed by atoms with Crippen molar-refractivity contribution in [2.24, 2.45) is 0 Å². The van der Waals surface area contributed by atoms with Gasteiger partial charge in [0.1, 0.15) is 4.90 Å². The van der Waals surface area contributed by atoms with Gasteiger partial charge in [-0.3, -0.25) is 9.52 Å². The van der Waals surface area contributed by atoms with Gasteiger partial charge in [-0.05, 0) is 73.0 Å². The Morgan fingerprint density at radius 3 is 2.29 bits per heavy atom. The van der Waals surface area contributed by atoms with Crippen LogP contribution in [0.4, 0.5) is 5.69 Å². The predicted molar refractivity (Wildman–Crippen MR) is 126 cm³/mol. The number of hydrogen-bond acceptors (Lipinski definition) is 3. The van der Waals surface area contributed by atoms with Gasteiger partial charge >= 0.3 is 0 Å². The summed E-state index contributed by atoms with van der Waals surface area (Å²) in [6.45, 7) is 3.97. The summed E-state index contributed by atoms with van der Waals surface area (Å²) in [5.74, 6) is -0.467. The van der Waals surface area contributed by atoms with Crippen LogP contribution in [0.2, 0.25) is 15.1 Å². The number of hydrogen-bond donors (Lipinski definition) is 2. The Bertz CT molecular complexity index is 1260. The molecule has 2 N–H and O–H groups in total. The van der Waals surface area contributed by atoms with Crippen molar-refractivity contribution < 1.29 is 13.2 Å². The molecular weight excluding hydrogens is 479 g/mol. The Morgan fingerprint density at radius 1 is 0.871 bits per heavy atom. The number of amides is 1. The molecule has 0 fully saturated rings. The second-order valence-corrected chi connectivity index (χ2v) is 9.87. The number of rotatable bonds is 6. The van der Waals surface area contributed by atoms with E-state index in [1.54, 1.807) is 30.3 Å². The van der Waals surface area contributed by atoms with Gasteiger partial charge in [-0.1, -0.05) is 46.9 Å². The van der Waals surface area contributed by atoms with Crippen LogP contribution in [0.3, 0.4) is 0 Å². The van der Waals surface area contributed by atoms with Gasteiger partial charge in [0.2, 0.25) is 0 Å². The molecule has 0 aliphatic rings. The molecule has 162 valence electrons. The van der Waals surface area contributed by atoms with E-state index in [1.807, 2.05) is 19.9 Å². The summed E-state index contributed by atoms with van der Waals surface area (Å²) in [7, 11) is -4.01. The predicted octanol–water partition coefficient (Wildman–Crippen LogP) is 5.99. The van der Waals surface area contributed by atoms with Crippen LogP contribution in [-0.2, 0) is 16.6 Å². The lowest BCUT2D eigenvalue weighted by Crippen LogP contribution is -2.23. The third-order valence-electron chi connectivity index (χ3n) is 4.70. The minimum Gasteiger partial charge on any atom is -0.348 e. The van der Waals surface area contributed by atoms with E-state index in [4.69, 9.17) is 34.8 Å². The van der Waals surface area contributed by atoms with Gasteiger partial charge in [0, 0.05) is 27.8 Å². The van der Waals surface area contributed by atoms with E-state index in [9.17, 15) is 13.2 Å². The fraction of sp³-hybridized carbons (Fsp3) is 0.136. The molecule has 0 bridgehead atoms. The van der Waals surface area contributed by atoms with Crippen LogP contribution < -0.4 is 10.0 Å². The molecular formula is C22H19Cl3N2O3S. The molecule has 0 saturated heterocycles. The Balaban J connectivity index is 1.81.